The molecule has 0 radical (unpaired) electrons. The Hall–Kier alpha value is -3.45. The lowest BCUT2D eigenvalue weighted by Gasteiger charge is -2.14. The van der Waals surface area contributed by atoms with E-state index in [1.54, 1.807) is 36.9 Å². The molecule has 2 aromatic heterocycles. The van der Waals surface area contributed by atoms with Crippen LogP contribution >= 0.6 is 11.6 Å². The van der Waals surface area contributed by atoms with Crippen LogP contribution in [0.1, 0.15) is 36.2 Å². The molecule has 3 N–H and O–H groups in total. The number of nitrogens with one attached hydrogen (secondary N) is 3. The van der Waals surface area contributed by atoms with Crippen molar-refractivity contribution in [2.75, 3.05) is 5.32 Å². The number of allylic oxidation sites excluding steroid dienone is 3. The van der Waals surface area contributed by atoms with Gasteiger partial charge in [0.1, 0.15) is 5.82 Å². The van der Waals surface area contributed by atoms with Crippen molar-refractivity contribution >= 4 is 29.1 Å². The van der Waals surface area contributed by atoms with Crippen LogP contribution in [0.2, 0.25) is 5.02 Å². The number of imidazole rings is 1. The van der Waals surface area contributed by atoms with Crippen molar-refractivity contribution < 1.29 is 4.39 Å². The lowest BCUT2D eigenvalue weighted by Crippen LogP contribution is -2.02. The van der Waals surface area contributed by atoms with E-state index in [9.17, 15) is 4.39 Å². The van der Waals surface area contributed by atoms with E-state index in [2.05, 4.69) is 50.1 Å². The zero-order chi connectivity index (χ0) is 22.2. The number of H-pyrrole nitrogens is 1. The summed E-state index contributed by atoms with van der Waals surface area (Å²) >= 11 is 6.00. The molecule has 3 aromatic rings. The molecule has 1 atom stereocenters. The van der Waals surface area contributed by atoms with E-state index in [-0.39, 0.29) is 10.9 Å². The molecule has 0 saturated carbocycles. The summed E-state index contributed by atoms with van der Waals surface area (Å²) in [5.74, 6) is 0.567. The van der Waals surface area contributed by atoms with Crippen molar-refractivity contribution in [3.8, 4) is 0 Å². The van der Waals surface area contributed by atoms with Gasteiger partial charge >= 0.3 is 0 Å². The van der Waals surface area contributed by atoms with Crippen LogP contribution < -0.4 is 10.6 Å². The molecule has 0 aliphatic rings. The fourth-order valence-corrected chi connectivity index (χ4v) is 3.19. The maximum atomic E-state index is 13.6. The highest BCUT2D eigenvalue weighted by Gasteiger charge is 2.12. The molecule has 0 bridgehead atoms. The monoisotopic (exact) mass is 438 g/mol. The fraction of sp³-hybridized carbons (Fsp3) is 0.174. The standard InChI is InChI=1S/C23H24ClFN6/c1-4-16(17-6-7-20(25)19(24)13-17)12-18(8-10-26-5-2)21-9-11-27-22(30-21)31-23-28-14-15(3)29-23/h5-14,16,26H,2,4H2,1,3H3,(H2,27,28,29,30,31)/b10-8-,18-12+. The normalized spacial score (nSPS) is 12.7. The number of aromatic nitrogens is 4. The van der Waals surface area contributed by atoms with Crippen molar-refractivity contribution in [3.63, 3.8) is 0 Å². The molecule has 2 heterocycles. The Kier molecular flexibility index (Phi) is 7.56. The van der Waals surface area contributed by atoms with E-state index in [0.29, 0.717) is 11.9 Å². The number of aromatic amines is 1. The molecule has 0 amide bonds. The Morgan fingerprint density at radius 3 is 2.84 bits per heavy atom. The van der Waals surface area contributed by atoms with Crippen molar-refractivity contribution in [2.24, 2.45) is 0 Å². The second-order valence-corrected chi connectivity index (χ2v) is 7.23. The Morgan fingerprint density at radius 2 is 2.16 bits per heavy atom. The molecular weight excluding hydrogens is 415 g/mol. The lowest BCUT2D eigenvalue weighted by molar-refractivity contribution is 0.626. The predicted octanol–water partition coefficient (Wildman–Crippen LogP) is 5.87. The van der Waals surface area contributed by atoms with Crippen LogP contribution in [0.3, 0.4) is 0 Å². The van der Waals surface area contributed by atoms with Gasteiger partial charge in [-0.15, -0.1) is 0 Å². The summed E-state index contributed by atoms with van der Waals surface area (Å²) in [5, 5.41) is 6.13. The molecule has 1 aromatic carbocycles. The number of nitrogens with zero attached hydrogens (tertiary/aromatic N) is 3. The third kappa shape index (κ3) is 6.02. The van der Waals surface area contributed by atoms with E-state index in [0.717, 1.165) is 28.9 Å². The van der Waals surface area contributed by atoms with Crippen LogP contribution in [0.5, 0.6) is 0 Å². The molecule has 0 fully saturated rings. The summed E-state index contributed by atoms with van der Waals surface area (Å²) in [5.41, 5.74) is 3.44. The number of hydrogen-bond donors (Lipinski definition) is 3. The van der Waals surface area contributed by atoms with E-state index in [1.807, 2.05) is 19.1 Å². The summed E-state index contributed by atoms with van der Waals surface area (Å²) in [6.07, 6.45) is 11.5. The summed E-state index contributed by atoms with van der Waals surface area (Å²) in [7, 11) is 0. The predicted molar refractivity (Wildman–Crippen MR) is 124 cm³/mol. The minimum absolute atomic E-state index is 0.0144. The number of hydrogen-bond acceptors (Lipinski definition) is 5. The Balaban J connectivity index is 1.96. The Bertz CT molecular complexity index is 1100. The Labute approximate surface area is 186 Å². The summed E-state index contributed by atoms with van der Waals surface area (Å²) < 4.78 is 13.6. The van der Waals surface area contributed by atoms with Gasteiger partial charge < -0.3 is 10.3 Å². The van der Waals surface area contributed by atoms with E-state index in [1.165, 1.54) is 6.07 Å². The first kappa shape index (κ1) is 22.2. The van der Waals surface area contributed by atoms with Gasteiger partial charge in [0.25, 0.3) is 0 Å². The van der Waals surface area contributed by atoms with Gasteiger partial charge in [-0.1, -0.05) is 37.2 Å². The van der Waals surface area contributed by atoms with Crippen LogP contribution in [-0.4, -0.2) is 19.9 Å². The second-order valence-electron chi connectivity index (χ2n) is 6.82. The Morgan fingerprint density at radius 1 is 1.32 bits per heavy atom. The second kappa shape index (κ2) is 10.5. The molecule has 0 aliphatic heterocycles. The van der Waals surface area contributed by atoms with Gasteiger partial charge in [0.15, 0.2) is 0 Å². The molecule has 0 aliphatic carbocycles. The average molecular weight is 439 g/mol. The highest BCUT2D eigenvalue weighted by atomic mass is 35.5. The summed E-state index contributed by atoms with van der Waals surface area (Å²) in [4.78, 5) is 16.2. The highest BCUT2D eigenvalue weighted by molar-refractivity contribution is 6.30. The van der Waals surface area contributed by atoms with Gasteiger partial charge in [0.2, 0.25) is 11.9 Å². The van der Waals surface area contributed by atoms with Gasteiger partial charge in [-0.05, 0) is 55.0 Å². The SMILES string of the molecule is C=CN/C=C\C(=C/C(CC)c1ccc(F)c(Cl)c1)c1ccnc(Nc2ncc(C)[nH]2)n1. The third-order valence-corrected chi connectivity index (χ3v) is 4.84. The zero-order valence-corrected chi connectivity index (χ0v) is 18.1. The first-order valence-corrected chi connectivity index (χ1v) is 10.2. The van der Waals surface area contributed by atoms with Crippen molar-refractivity contribution in [3.05, 3.63) is 95.6 Å². The molecule has 8 heteroatoms. The van der Waals surface area contributed by atoms with Gasteiger partial charge in [-0.25, -0.2) is 19.3 Å². The van der Waals surface area contributed by atoms with Crippen molar-refractivity contribution in [1.29, 1.82) is 0 Å². The molecule has 6 nitrogen and oxygen atoms in total. The molecule has 1 unspecified atom stereocenters. The number of aryl methyl sites for hydroxylation is 1. The van der Waals surface area contributed by atoms with Gasteiger partial charge in [-0.3, -0.25) is 5.32 Å². The molecule has 3 rings (SSSR count). The first-order chi connectivity index (χ1) is 15.0. The summed E-state index contributed by atoms with van der Waals surface area (Å²) in [6.45, 7) is 7.64. The molecule has 0 spiro atoms. The van der Waals surface area contributed by atoms with Crippen LogP contribution in [0.4, 0.5) is 16.3 Å². The topological polar surface area (TPSA) is 78.5 Å². The fourth-order valence-electron chi connectivity index (χ4n) is 3.00. The third-order valence-electron chi connectivity index (χ3n) is 4.55. The minimum Gasteiger partial charge on any atom is -0.368 e. The smallest absolute Gasteiger partial charge is 0.230 e. The molecule has 31 heavy (non-hydrogen) atoms. The molecular formula is C23H24ClFN6. The number of benzene rings is 1. The van der Waals surface area contributed by atoms with Crippen LogP contribution in [0, 0.1) is 12.7 Å². The number of anilines is 2. The number of halogens is 2. The van der Waals surface area contributed by atoms with Gasteiger partial charge in [0.05, 0.1) is 10.7 Å². The van der Waals surface area contributed by atoms with Crippen molar-refractivity contribution in [1.82, 2.24) is 25.3 Å². The average Bonchev–Trinajstić information content (AvgIpc) is 3.17. The quantitative estimate of drug-likeness (QED) is 0.364. The maximum Gasteiger partial charge on any atom is 0.230 e. The maximum absolute atomic E-state index is 13.6. The molecule has 0 saturated heterocycles. The number of rotatable bonds is 9. The first-order valence-electron chi connectivity index (χ1n) is 9.82. The van der Waals surface area contributed by atoms with E-state index >= 15 is 0 Å². The zero-order valence-electron chi connectivity index (χ0n) is 17.4. The van der Waals surface area contributed by atoms with E-state index < -0.39 is 5.82 Å². The van der Waals surface area contributed by atoms with Crippen LogP contribution in [0.15, 0.2) is 67.8 Å². The lowest BCUT2D eigenvalue weighted by atomic mass is 9.93. The summed E-state index contributed by atoms with van der Waals surface area (Å²) in [6, 6.07) is 6.63. The molecule has 160 valence electrons. The highest BCUT2D eigenvalue weighted by Crippen LogP contribution is 2.29. The van der Waals surface area contributed by atoms with Crippen LogP contribution in [-0.2, 0) is 0 Å². The van der Waals surface area contributed by atoms with Gasteiger partial charge in [-0.2, -0.15) is 0 Å². The largest absolute Gasteiger partial charge is 0.368 e. The minimum atomic E-state index is -0.431. The van der Waals surface area contributed by atoms with Gasteiger partial charge in [0, 0.05) is 30.2 Å². The van der Waals surface area contributed by atoms with Crippen molar-refractivity contribution in [2.45, 2.75) is 26.2 Å². The van der Waals surface area contributed by atoms with E-state index in [4.69, 9.17) is 11.6 Å². The van der Waals surface area contributed by atoms with Crippen LogP contribution in [0.25, 0.3) is 5.57 Å².